The predicted molar refractivity (Wildman–Crippen MR) is 58.5 cm³/mol. The highest BCUT2D eigenvalue weighted by atomic mass is 35.6. The van der Waals surface area contributed by atoms with E-state index in [0.29, 0.717) is 0 Å². The van der Waals surface area contributed by atoms with Crippen molar-refractivity contribution in [1.82, 2.24) is 4.98 Å². The molecule has 1 nitrogen and oxygen atoms in total. The summed E-state index contributed by atoms with van der Waals surface area (Å²) in [5, 5.41) is 0.220. The largest absolute Gasteiger partial charge is 0.223 e. The van der Waals surface area contributed by atoms with Crippen LogP contribution in [0.15, 0.2) is 6.07 Å². The van der Waals surface area contributed by atoms with Gasteiger partial charge in [0.1, 0.15) is 10.3 Å². The molecule has 0 aliphatic heterocycles. The summed E-state index contributed by atoms with van der Waals surface area (Å²) >= 11 is 33.8. The molecule has 0 bridgehead atoms. The minimum absolute atomic E-state index is 0.00971. The summed E-state index contributed by atoms with van der Waals surface area (Å²) in [4.78, 5) is 3.67. The maximum Gasteiger partial charge on any atom is 0.217 e. The van der Waals surface area contributed by atoms with Crippen LogP contribution in [0.25, 0.3) is 0 Å². The van der Waals surface area contributed by atoms with E-state index in [0.717, 1.165) is 0 Å². The number of rotatable bonds is 0. The summed E-state index contributed by atoms with van der Waals surface area (Å²) in [5.74, 6) is 0. The van der Waals surface area contributed by atoms with Gasteiger partial charge in [0, 0.05) is 5.56 Å². The lowest BCUT2D eigenvalue weighted by Crippen LogP contribution is -2.02. The van der Waals surface area contributed by atoms with E-state index in [4.69, 9.17) is 69.6 Å². The summed E-state index contributed by atoms with van der Waals surface area (Å²) in [6.45, 7) is 0. The van der Waals surface area contributed by atoms with E-state index < -0.39 is 3.79 Å². The first-order valence-electron chi connectivity index (χ1n) is 2.91. The predicted octanol–water partition coefficient (Wildman–Crippen LogP) is 4.87. The van der Waals surface area contributed by atoms with Gasteiger partial charge in [0.15, 0.2) is 0 Å². The molecular weight excluding hydrogens is 299 g/mol. The molecule has 0 radical (unpaired) electrons. The van der Waals surface area contributed by atoms with Crippen LogP contribution in [0.3, 0.4) is 0 Å². The third-order valence-corrected chi connectivity index (χ3v) is 2.75. The van der Waals surface area contributed by atoms with Gasteiger partial charge >= 0.3 is 0 Å². The molecule has 0 saturated carbocycles. The van der Waals surface area contributed by atoms with Crippen LogP contribution in [0.1, 0.15) is 5.56 Å². The van der Waals surface area contributed by atoms with Crippen LogP contribution in [0, 0.1) is 0 Å². The molecule has 13 heavy (non-hydrogen) atoms. The molecule has 7 heteroatoms. The zero-order valence-electron chi connectivity index (χ0n) is 5.79. The van der Waals surface area contributed by atoms with Gasteiger partial charge in [-0.3, -0.25) is 0 Å². The Morgan fingerprint density at radius 1 is 1.08 bits per heavy atom. The Kier molecular flexibility index (Phi) is 3.84. The third-order valence-electron chi connectivity index (χ3n) is 1.19. The van der Waals surface area contributed by atoms with Gasteiger partial charge in [0.05, 0.1) is 5.02 Å². The van der Waals surface area contributed by atoms with Crippen LogP contribution in [-0.2, 0) is 3.79 Å². The van der Waals surface area contributed by atoms with E-state index in [1.807, 2.05) is 0 Å². The first kappa shape index (κ1) is 12.0. The maximum absolute atomic E-state index is 5.74. The maximum atomic E-state index is 5.74. The van der Waals surface area contributed by atoms with Crippen LogP contribution in [0.2, 0.25) is 15.3 Å². The summed E-state index contributed by atoms with van der Waals surface area (Å²) in [5.41, 5.74) is 0.212. The standard InChI is InChI=1S/C6HCl6N/c7-3-1-2(6(10,11)12)4(8)5(9)13-3/h1H. The normalized spacial score (nSPS) is 11.8. The van der Waals surface area contributed by atoms with E-state index in [1.54, 1.807) is 0 Å². The fraction of sp³-hybridized carbons (Fsp3) is 0.167. The quantitative estimate of drug-likeness (QED) is 0.492. The second kappa shape index (κ2) is 4.18. The van der Waals surface area contributed by atoms with Crippen molar-refractivity contribution in [2.75, 3.05) is 0 Å². The van der Waals surface area contributed by atoms with Crippen LogP contribution < -0.4 is 0 Å². The molecule has 72 valence electrons. The molecule has 0 fully saturated rings. The molecule has 0 spiro atoms. The third kappa shape index (κ3) is 2.92. The zero-order chi connectivity index (χ0) is 10.2. The van der Waals surface area contributed by atoms with Gasteiger partial charge < -0.3 is 0 Å². The number of halogens is 6. The minimum Gasteiger partial charge on any atom is -0.223 e. The van der Waals surface area contributed by atoms with E-state index >= 15 is 0 Å². The Balaban J connectivity index is 3.37. The second-order valence-electron chi connectivity index (χ2n) is 2.10. The molecule has 0 N–H and O–H groups in total. The summed E-state index contributed by atoms with van der Waals surface area (Å²) < 4.78 is -1.66. The van der Waals surface area contributed by atoms with E-state index in [9.17, 15) is 0 Å². The van der Waals surface area contributed by atoms with E-state index in [2.05, 4.69) is 4.98 Å². The lowest BCUT2D eigenvalue weighted by Gasteiger charge is -2.13. The van der Waals surface area contributed by atoms with Gasteiger partial charge in [-0.2, -0.15) is 0 Å². The zero-order valence-corrected chi connectivity index (χ0v) is 10.3. The highest BCUT2D eigenvalue weighted by Crippen LogP contribution is 2.44. The Morgan fingerprint density at radius 2 is 1.62 bits per heavy atom. The van der Waals surface area contributed by atoms with Crippen molar-refractivity contribution >= 4 is 69.6 Å². The summed E-state index contributed by atoms with van der Waals surface area (Å²) in [6, 6.07) is 1.35. The molecule has 0 saturated heterocycles. The highest BCUT2D eigenvalue weighted by Gasteiger charge is 2.28. The van der Waals surface area contributed by atoms with E-state index in [-0.39, 0.29) is 20.9 Å². The number of hydrogen-bond acceptors (Lipinski definition) is 1. The molecule has 0 unspecified atom stereocenters. The van der Waals surface area contributed by atoms with Crippen molar-refractivity contribution in [3.05, 3.63) is 27.0 Å². The molecule has 1 rings (SSSR count). The molecule has 0 amide bonds. The van der Waals surface area contributed by atoms with Gasteiger partial charge in [0.25, 0.3) is 0 Å². The van der Waals surface area contributed by atoms with Crippen LogP contribution in [-0.4, -0.2) is 4.98 Å². The molecule has 0 atom stereocenters. The number of nitrogens with zero attached hydrogens (tertiary/aromatic N) is 1. The lowest BCUT2D eigenvalue weighted by molar-refractivity contribution is 1.19. The summed E-state index contributed by atoms with van der Waals surface area (Å²) in [7, 11) is 0. The van der Waals surface area contributed by atoms with Crippen LogP contribution in [0.5, 0.6) is 0 Å². The number of aromatic nitrogens is 1. The van der Waals surface area contributed by atoms with Gasteiger partial charge in [0.2, 0.25) is 3.79 Å². The van der Waals surface area contributed by atoms with Crippen LogP contribution >= 0.6 is 69.6 Å². The molecule has 0 aliphatic carbocycles. The Morgan fingerprint density at radius 3 is 2.08 bits per heavy atom. The molecule has 0 aromatic carbocycles. The van der Waals surface area contributed by atoms with Crippen molar-refractivity contribution in [2.45, 2.75) is 3.79 Å². The number of hydrogen-bond donors (Lipinski definition) is 0. The number of alkyl halides is 3. The smallest absolute Gasteiger partial charge is 0.217 e. The lowest BCUT2D eigenvalue weighted by atomic mass is 10.3. The van der Waals surface area contributed by atoms with Gasteiger partial charge in [-0.15, -0.1) is 0 Å². The average molecular weight is 300 g/mol. The molecular formula is C6HCl6N. The molecule has 1 heterocycles. The van der Waals surface area contributed by atoms with Crippen molar-refractivity contribution in [2.24, 2.45) is 0 Å². The van der Waals surface area contributed by atoms with Crippen molar-refractivity contribution in [3.63, 3.8) is 0 Å². The van der Waals surface area contributed by atoms with Gasteiger partial charge in [-0.1, -0.05) is 69.6 Å². The minimum atomic E-state index is -1.66. The first-order valence-corrected chi connectivity index (χ1v) is 5.18. The molecule has 0 aliphatic rings. The first-order chi connectivity index (χ1) is 5.82. The van der Waals surface area contributed by atoms with Gasteiger partial charge in [-0.05, 0) is 6.07 Å². The van der Waals surface area contributed by atoms with Crippen LogP contribution in [0.4, 0.5) is 0 Å². The number of pyridine rings is 1. The highest BCUT2D eigenvalue weighted by molar-refractivity contribution is 6.67. The summed E-state index contributed by atoms with van der Waals surface area (Å²) in [6.07, 6.45) is 0. The molecule has 1 aromatic heterocycles. The average Bonchev–Trinajstić information content (AvgIpc) is 1.94. The monoisotopic (exact) mass is 297 g/mol. The Bertz CT molecular complexity index is 331. The van der Waals surface area contributed by atoms with E-state index in [1.165, 1.54) is 6.07 Å². The molecule has 1 aromatic rings. The Hall–Kier alpha value is 0.890. The SMILES string of the molecule is Clc1cc(C(Cl)(Cl)Cl)c(Cl)c(Cl)n1. The topological polar surface area (TPSA) is 12.9 Å². The van der Waals surface area contributed by atoms with Crippen molar-refractivity contribution < 1.29 is 0 Å². The second-order valence-corrected chi connectivity index (χ2v) is 5.50. The van der Waals surface area contributed by atoms with Gasteiger partial charge in [-0.25, -0.2) is 4.98 Å². The van der Waals surface area contributed by atoms with Crippen molar-refractivity contribution in [3.8, 4) is 0 Å². The van der Waals surface area contributed by atoms with Crippen molar-refractivity contribution in [1.29, 1.82) is 0 Å². The fourth-order valence-corrected chi connectivity index (χ4v) is 1.94. The fourth-order valence-electron chi connectivity index (χ4n) is 0.675. The Labute approximate surface area is 105 Å².